The van der Waals surface area contributed by atoms with Gasteiger partial charge in [-0.3, -0.25) is 9.59 Å². The summed E-state index contributed by atoms with van der Waals surface area (Å²) < 4.78 is 11.9. The van der Waals surface area contributed by atoms with E-state index in [1.54, 1.807) is 0 Å². The number of aliphatic carboxylic acids is 1. The van der Waals surface area contributed by atoms with Crippen molar-refractivity contribution >= 4 is 29.7 Å². The number of likely N-dealkylation sites (N-methyl/N-ethyl adjacent to an activating group) is 1. The molecule has 1 heterocycles. The molecule has 5 unspecified atom stereocenters. The first-order valence-corrected chi connectivity index (χ1v) is 30.0. The van der Waals surface area contributed by atoms with Gasteiger partial charge in [-0.05, 0) is 78.0 Å². The third-order valence-electron chi connectivity index (χ3n) is 14.3. The second kappa shape index (κ2) is 45.5. The van der Waals surface area contributed by atoms with Crippen LogP contribution in [-0.2, 0) is 23.9 Å². The molecule has 5 atom stereocenters. The zero-order valence-electron chi connectivity index (χ0n) is 45.5. The minimum Gasteiger partial charge on any atom is -0.478 e. The Morgan fingerprint density at radius 1 is 0.588 bits per heavy atom. The number of unbranched alkanes of at least 4 members (excludes halogenated alkanes) is 23. The average molecular weight is 983 g/mol. The van der Waals surface area contributed by atoms with Gasteiger partial charge in [0.2, 0.25) is 6.10 Å². The molecule has 1 saturated heterocycles. The summed E-state index contributed by atoms with van der Waals surface area (Å²) in [6, 6.07) is 0. The van der Waals surface area contributed by atoms with E-state index in [1.165, 1.54) is 140 Å². The van der Waals surface area contributed by atoms with Crippen LogP contribution in [0.15, 0.2) is 0 Å². The normalized spacial score (nSPS) is 15.9. The Hall–Kier alpha value is -1.40. The summed E-state index contributed by atoms with van der Waals surface area (Å²) in [4.78, 5) is 47.3. The molecule has 2 N–H and O–H groups in total. The number of piperazine rings is 1. The first-order valence-electron chi connectivity index (χ1n) is 29.1. The quantitative estimate of drug-likeness (QED) is 0.0448. The Labute approximate surface area is 424 Å². The summed E-state index contributed by atoms with van der Waals surface area (Å²) in [6.07, 6.45) is 35.9. The van der Waals surface area contributed by atoms with Crippen molar-refractivity contribution in [2.24, 2.45) is 5.92 Å². The molecule has 0 saturated carbocycles. The summed E-state index contributed by atoms with van der Waals surface area (Å²) >= 11 is 1.31. The van der Waals surface area contributed by atoms with Crippen LogP contribution < -0.4 is 0 Å². The number of carbonyl (C=O) groups is 3. The Morgan fingerprint density at radius 2 is 1.03 bits per heavy atom. The number of rotatable bonds is 49. The van der Waals surface area contributed by atoms with Gasteiger partial charge >= 0.3 is 17.9 Å². The highest BCUT2D eigenvalue weighted by Gasteiger charge is 2.35. The van der Waals surface area contributed by atoms with Crippen molar-refractivity contribution in [3.05, 3.63) is 0 Å². The van der Waals surface area contributed by atoms with Crippen LogP contribution in [0.1, 0.15) is 253 Å². The zero-order chi connectivity index (χ0) is 49.9. The summed E-state index contributed by atoms with van der Waals surface area (Å²) in [7, 11) is 2.17. The third kappa shape index (κ3) is 36.5. The Morgan fingerprint density at radius 3 is 1.51 bits per heavy atom. The van der Waals surface area contributed by atoms with E-state index < -0.39 is 34.6 Å². The molecular weight excluding hydrogens is 871 g/mol. The lowest BCUT2D eigenvalue weighted by Crippen LogP contribution is -2.45. The topological polar surface area (TPSA) is 120 Å². The van der Waals surface area contributed by atoms with E-state index in [9.17, 15) is 24.6 Å². The van der Waals surface area contributed by atoms with Crippen LogP contribution in [0.25, 0.3) is 0 Å². The summed E-state index contributed by atoms with van der Waals surface area (Å²) in [5.41, 5.74) is 0. The summed E-state index contributed by atoms with van der Waals surface area (Å²) in [5, 5.41) is 20.5. The molecular formula is C57H111N3O7S. The molecule has 0 aromatic carbocycles. The minimum absolute atomic E-state index is 0.109. The number of aliphatic hydroxyl groups is 1. The highest BCUT2D eigenvalue weighted by atomic mass is 32.2. The molecule has 1 fully saturated rings. The molecule has 0 amide bonds. The Bertz CT molecular complexity index is 1170. The molecule has 0 bridgehead atoms. The fourth-order valence-electron chi connectivity index (χ4n) is 9.69. The number of aliphatic hydroxyl groups excluding tert-OH is 1. The maximum atomic E-state index is 13.7. The Kier molecular flexibility index (Phi) is 43.2. The molecule has 11 heteroatoms. The second-order valence-electron chi connectivity index (χ2n) is 20.9. The fourth-order valence-corrected chi connectivity index (χ4v) is 11.0. The molecule has 1 aliphatic rings. The van der Waals surface area contributed by atoms with Gasteiger partial charge in [-0.25, -0.2) is 4.79 Å². The molecule has 10 nitrogen and oxygen atoms in total. The van der Waals surface area contributed by atoms with Crippen LogP contribution in [-0.4, -0.2) is 132 Å². The van der Waals surface area contributed by atoms with Gasteiger partial charge in [0.15, 0.2) is 0 Å². The largest absolute Gasteiger partial charge is 0.478 e. The lowest BCUT2D eigenvalue weighted by molar-refractivity contribution is -0.164. The fraction of sp³-hybridized carbons (Fsp3) is 0.947. The first-order chi connectivity index (χ1) is 33.0. The van der Waals surface area contributed by atoms with Crippen molar-refractivity contribution in [1.82, 2.24) is 14.7 Å². The van der Waals surface area contributed by atoms with E-state index in [0.29, 0.717) is 38.5 Å². The van der Waals surface area contributed by atoms with Gasteiger partial charge in [0.25, 0.3) is 0 Å². The van der Waals surface area contributed by atoms with Crippen LogP contribution in [0.5, 0.6) is 0 Å². The first kappa shape index (κ1) is 64.6. The van der Waals surface area contributed by atoms with Crippen molar-refractivity contribution < 1.29 is 34.1 Å². The number of ether oxygens (including phenoxy) is 2. The van der Waals surface area contributed by atoms with E-state index in [-0.39, 0.29) is 12.4 Å². The Balaban J connectivity index is 2.93. The van der Waals surface area contributed by atoms with E-state index in [4.69, 9.17) is 9.47 Å². The van der Waals surface area contributed by atoms with Crippen LogP contribution >= 0.6 is 11.8 Å². The summed E-state index contributed by atoms with van der Waals surface area (Å²) in [5.74, 6) is -1.63. The molecule has 0 aliphatic carbocycles. The number of hydrogen-bond acceptors (Lipinski definition) is 10. The van der Waals surface area contributed by atoms with Gasteiger partial charge in [0.1, 0.15) is 5.25 Å². The lowest BCUT2D eigenvalue weighted by Gasteiger charge is -2.33. The van der Waals surface area contributed by atoms with Crippen molar-refractivity contribution in [2.75, 3.05) is 66.0 Å². The predicted octanol–water partition coefficient (Wildman–Crippen LogP) is 13.9. The number of esters is 2. The van der Waals surface area contributed by atoms with E-state index in [2.05, 4.69) is 49.4 Å². The molecule has 1 aliphatic heterocycles. The van der Waals surface area contributed by atoms with Crippen molar-refractivity contribution in [2.45, 2.75) is 276 Å². The third-order valence-corrected chi connectivity index (χ3v) is 15.7. The minimum atomic E-state index is -1.34. The van der Waals surface area contributed by atoms with Crippen LogP contribution in [0.2, 0.25) is 0 Å². The number of thioether (sulfide) groups is 1. The molecule has 1 rings (SSSR count). The van der Waals surface area contributed by atoms with E-state index >= 15 is 0 Å². The zero-order valence-corrected chi connectivity index (χ0v) is 46.3. The molecule has 0 aromatic heterocycles. The van der Waals surface area contributed by atoms with Gasteiger partial charge in [-0.2, -0.15) is 0 Å². The maximum absolute atomic E-state index is 13.7. The number of carboxylic acid groups (broad SMARTS) is 1. The number of hydrogen-bond donors (Lipinski definition) is 2. The molecule has 0 radical (unpaired) electrons. The molecule has 0 spiro atoms. The van der Waals surface area contributed by atoms with Crippen LogP contribution in [0, 0.1) is 5.92 Å². The number of carbonyl (C=O) groups excluding carboxylic acids is 2. The van der Waals surface area contributed by atoms with Gasteiger partial charge in [-0.15, -0.1) is 11.8 Å². The standard InChI is InChI=1S/C57H111N3O7S/c1-7-11-15-19-23-25-27-31-37-51(36-30-26-21-17-13-9-3)49-66-57(65)50(5)68-53(39-33-29-24-20-16-12-8-2)55(56(63)64)67-54(62)40-34-41-60(43-35-42-59-46-44-58(6)45-47-59)48-52(61)38-32-28-22-18-14-10-4/h50-53,55,61H,7-49H2,1-6H3,(H,63,64). The second-order valence-corrected chi connectivity index (χ2v) is 22.5. The maximum Gasteiger partial charge on any atom is 0.346 e. The average Bonchev–Trinajstić information content (AvgIpc) is 3.32. The van der Waals surface area contributed by atoms with Gasteiger partial charge in [0, 0.05) is 39.1 Å². The van der Waals surface area contributed by atoms with Crippen LogP contribution in [0.4, 0.5) is 0 Å². The van der Waals surface area contributed by atoms with Gasteiger partial charge in [-0.1, -0.05) is 201 Å². The van der Waals surface area contributed by atoms with Crippen molar-refractivity contribution in [1.29, 1.82) is 0 Å². The predicted molar refractivity (Wildman–Crippen MR) is 289 cm³/mol. The number of carboxylic acids is 1. The highest BCUT2D eigenvalue weighted by Crippen LogP contribution is 2.30. The SMILES string of the molecule is CCCCCCCCCCC(CCCCCCCC)COC(=O)C(C)SC(CCCCCCCCC)C(OC(=O)CCCN(CCCN1CCN(C)CC1)CC(O)CCCCCCCC)C(=O)O. The highest BCUT2D eigenvalue weighted by molar-refractivity contribution is 8.01. The van der Waals surface area contributed by atoms with E-state index in [0.717, 1.165) is 110 Å². The molecule has 402 valence electrons. The van der Waals surface area contributed by atoms with Gasteiger partial charge in [0.05, 0.1) is 18.0 Å². The van der Waals surface area contributed by atoms with Gasteiger partial charge < -0.3 is 34.4 Å². The monoisotopic (exact) mass is 982 g/mol. The molecule has 0 aromatic rings. The van der Waals surface area contributed by atoms with Crippen molar-refractivity contribution in [3.63, 3.8) is 0 Å². The molecule has 68 heavy (non-hydrogen) atoms. The van der Waals surface area contributed by atoms with E-state index in [1.807, 2.05) is 6.92 Å². The smallest absolute Gasteiger partial charge is 0.346 e. The van der Waals surface area contributed by atoms with Crippen LogP contribution in [0.3, 0.4) is 0 Å². The lowest BCUT2D eigenvalue weighted by atomic mass is 9.94. The van der Waals surface area contributed by atoms with Crippen molar-refractivity contribution in [3.8, 4) is 0 Å². The number of nitrogens with zero attached hydrogens (tertiary/aromatic N) is 3. The summed E-state index contributed by atoms with van der Waals surface area (Å²) in [6.45, 7) is 18.6.